The number of aromatic nitrogens is 1. The Labute approximate surface area is 161 Å². The Morgan fingerprint density at radius 2 is 2.00 bits per heavy atom. The SMILES string of the molecule is Cc1ccc(N2CC(C(=O)OCC(=O)Nc3ccc(Cl)cn3)CC2=O)cc1. The van der Waals surface area contributed by atoms with Crippen molar-refractivity contribution < 1.29 is 19.1 Å². The molecule has 1 aliphatic heterocycles. The monoisotopic (exact) mass is 387 g/mol. The summed E-state index contributed by atoms with van der Waals surface area (Å²) in [5, 5.41) is 2.95. The molecule has 3 rings (SSSR count). The van der Waals surface area contributed by atoms with E-state index in [-0.39, 0.29) is 18.9 Å². The van der Waals surface area contributed by atoms with Crippen LogP contribution in [0.3, 0.4) is 0 Å². The highest BCUT2D eigenvalue weighted by Crippen LogP contribution is 2.26. The molecule has 140 valence electrons. The fourth-order valence-electron chi connectivity index (χ4n) is 2.72. The van der Waals surface area contributed by atoms with Crippen LogP contribution in [0, 0.1) is 12.8 Å². The summed E-state index contributed by atoms with van der Waals surface area (Å²) in [6, 6.07) is 10.6. The molecule has 1 N–H and O–H groups in total. The smallest absolute Gasteiger partial charge is 0.311 e. The van der Waals surface area contributed by atoms with Gasteiger partial charge in [0, 0.05) is 24.8 Å². The third-order valence-corrected chi connectivity index (χ3v) is 4.37. The zero-order valence-electron chi connectivity index (χ0n) is 14.6. The molecule has 2 amide bonds. The maximum Gasteiger partial charge on any atom is 0.311 e. The number of rotatable bonds is 5. The van der Waals surface area contributed by atoms with E-state index in [1.165, 1.54) is 12.3 Å². The zero-order chi connectivity index (χ0) is 19.4. The third kappa shape index (κ3) is 4.83. The number of nitrogens with zero attached hydrogens (tertiary/aromatic N) is 2. The van der Waals surface area contributed by atoms with Crippen LogP contribution in [0.1, 0.15) is 12.0 Å². The van der Waals surface area contributed by atoms with E-state index >= 15 is 0 Å². The molecule has 1 aromatic heterocycles. The fraction of sp³-hybridized carbons (Fsp3) is 0.263. The van der Waals surface area contributed by atoms with Crippen LogP contribution in [0.25, 0.3) is 0 Å². The number of aryl methyl sites for hydroxylation is 1. The molecule has 0 saturated carbocycles. The van der Waals surface area contributed by atoms with E-state index in [9.17, 15) is 14.4 Å². The lowest BCUT2D eigenvalue weighted by Gasteiger charge is -2.16. The average molecular weight is 388 g/mol. The maximum atomic E-state index is 12.2. The summed E-state index contributed by atoms with van der Waals surface area (Å²) in [4.78, 5) is 41.8. The fourth-order valence-corrected chi connectivity index (χ4v) is 2.83. The van der Waals surface area contributed by atoms with E-state index in [0.717, 1.165) is 11.3 Å². The lowest BCUT2D eigenvalue weighted by molar-refractivity contribution is -0.151. The summed E-state index contributed by atoms with van der Waals surface area (Å²) < 4.78 is 5.05. The second kappa shape index (κ2) is 8.18. The molecule has 1 aromatic carbocycles. The molecule has 8 heteroatoms. The number of nitrogens with one attached hydrogen (secondary N) is 1. The number of ether oxygens (including phenoxy) is 1. The molecule has 0 bridgehead atoms. The number of carbonyl (C=O) groups excluding carboxylic acids is 3. The molecule has 2 aromatic rings. The van der Waals surface area contributed by atoms with Gasteiger partial charge in [-0.2, -0.15) is 0 Å². The van der Waals surface area contributed by atoms with Crippen molar-refractivity contribution in [1.82, 2.24) is 4.98 Å². The molecule has 2 heterocycles. The number of esters is 1. The quantitative estimate of drug-likeness (QED) is 0.796. The van der Waals surface area contributed by atoms with Crippen LogP contribution in [0.4, 0.5) is 11.5 Å². The van der Waals surface area contributed by atoms with E-state index in [2.05, 4.69) is 10.3 Å². The summed E-state index contributed by atoms with van der Waals surface area (Å²) in [5.74, 6) is -1.52. The Morgan fingerprint density at radius 1 is 1.26 bits per heavy atom. The van der Waals surface area contributed by atoms with E-state index in [1.807, 2.05) is 31.2 Å². The van der Waals surface area contributed by atoms with E-state index < -0.39 is 24.4 Å². The normalized spacial score (nSPS) is 16.3. The zero-order valence-corrected chi connectivity index (χ0v) is 15.4. The van der Waals surface area contributed by atoms with Crippen molar-refractivity contribution in [3.63, 3.8) is 0 Å². The number of hydrogen-bond acceptors (Lipinski definition) is 5. The molecule has 1 saturated heterocycles. The van der Waals surface area contributed by atoms with E-state index in [1.54, 1.807) is 11.0 Å². The number of benzene rings is 1. The number of carbonyl (C=O) groups is 3. The molecule has 1 atom stereocenters. The second-order valence-electron chi connectivity index (χ2n) is 6.26. The Kier molecular flexibility index (Phi) is 5.71. The largest absolute Gasteiger partial charge is 0.455 e. The molecule has 7 nitrogen and oxygen atoms in total. The van der Waals surface area contributed by atoms with Gasteiger partial charge >= 0.3 is 5.97 Å². The first kappa shape index (κ1) is 18.8. The minimum absolute atomic E-state index is 0.0626. The molecule has 0 aliphatic carbocycles. The number of pyridine rings is 1. The first-order valence-electron chi connectivity index (χ1n) is 8.37. The van der Waals surface area contributed by atoms with Gasteiger partial charge in [-0.3, -0.25) is 14.4 Å². The van der Waals surface area contributed by atoms with Gasteiger partial charge in [0.2, 0.25) is 5.91 Å². The molecule has 1 unspecified atom stereocenters. The van der Waals surface area contributed by atoms with Crippen molar-refractivity contribution in [3.05, 3.63) is 53.2 Å². The van der Waals surface area contributed by atoms with Gasteiger partial charge in [0.1, 0.15) is 5.82 Å². The maximum absolute atomic E-state index is 12.2. The predicted molar refractivity (Wildman–Crippen MR) is 100 cm³/mol. The van der Waals surface area contributed by atoms with Crippen molar-refractivity contribution in [2.75, 3.05) is 23.4 Å². The topological polar surface area (TPSA) is 88.6 Å². The highest BCUT2D eigenvalue weighted by atomic mass is 35.5. The van der Waals surface area contributed by atoms with Gasteiger partial charge in [-0.05, 0) is 31.2 Å². The number of halogens is 1. The van der Waals surface area contributed by atoms with Crippen LogP contribution in [-0.4, -0.2) is 35.9 Å². The standard InChI is InChI=1S/C19H18ClN3O4/c1-12-2-5-15(6-3-12)23-10-13(8-18(23)25)19(26)27-11-17(24)22-16-7-4-14(20)9-21-16/h2-7,9,13H,8,10-11H2,1H3,(H,21,22,24). The van der Waals surface area contributed by atoms with E-state index in [4.69, 9.17) is 16.3 Å². The summed E-state index contributed by atoms with van der Waals surface area (Å²) in [5.41, 5.74) is 1.83. The molecule has 0 spiro atoms. The van der Waals surface area contributed by atoms with Crippen molar-refractivity contribution >= 4 is 40.9 Å². The highest BCUT2D eigenvalue weighted by molar-refractivity contribution is 6.30. The van der Waals surface area contributed by atoms with Gasteiger partial charge in [-0.15, -0.1) is 0 Å². The van der Waals surface area contributed by atoms with Crippen LogP contribution in [0.2, 0.25) is 5.02 Å². The first-order chi connectivity index (χ1) is 12.9. The molecular formula is C19H18ClN3O4. The van der Waals surface area contributed by atoms with Crippen molar-refractivity contribution in [3.8, 4) is 0 Å². The minimum atomic E-state index is -0.597. The third-order valence-electron chi connectivity index (χ3n) is 4.14. The number of anilines is 2. The Balaban J connectivity index is 1.51. The van der Waals surface area contributed by atoms with Gasteiger partial charge in [0.05, 0.1) is 10.9 Å². The molecule has 1 aliphatic rings. The van der Waals surface area contributed by atoms with Crippen molar-refractivity contribution in [2.24, 2.45) is 5.92 Å². The van der Waals surface area contributed by atoms with Crippen LogP contribution < -0.4 is 10.2 Å². The summed E-state index contributed by atoms with van der Waals surface area (Å²) >= 11 is 5.72. The average Bonchev–Trinajstić information content (AvgIpc) is 3.04. The molecular weight excluding hydrogens is 370 g/mol. The predicted octanol–water partition coefficient (Wildman–Crippen LogP) is 2.58. The number of hydrogen-bond donors (Lipinski definition) is 1. The van der Waals surface area contributed by atoms with Gasteiger partial charge in [-0.25, -0.2) is 4.98 Å². The molecule has 0 radical (unpaired) electrons. The van der Waals surface area contributed by atoms with Crippen molar-refractivity contribution in [1.29, 1.82) is 0 Å². The van der Waals surface area contributed by atoms with Crippen LogP contribution in [0.5, 0.6) is 0 Å². The van der Waals surface area contributed by atoms with Gasteiger partial charge in [0.15, 0.2) is 6.61 Å². The lowest BCUT2D eigenvalue weighted by atomic mass is 10.1. The second-order valence-corrected chi connectivity index (χ2v) is 6.69. The Bertz CT molecular complexity index is 852. The minimum Gasteiger partial charge on any atom is -0.455 e. The van der Waals surface area contributed by atoms with Gasteiger partial charge in [0.25, 0.3) is 5.91 Å². The van der Waals surface area contributed by atoms with Gasteiger partial charge in [-0.1, -0.05) is 29.3 Å². The summed E-state index contributed by atoms with van der Waals surface area (Å²) in [7, 11) is 0. The summed E-state index contributed by atoms with van der Waals surface area (Å²) in [6.45, 7) is 1.75. The van der Waals surface area contributed by atoms with Crippen LogP contribution >= 0.6 is 11.6 Å². The lowest BCUT2D eigenvalue weighted by Crippen LogP contribution is -2.28. The highest BCUT2D eigenvalue weighted by Gasteiger charge is 2.36. The van der Waals surface area contributed by atoms with Crippen LogP contribution in [0.15, 0.2) is 42.6 Å². The number of amides is 2. The van der Waals surface area contributed by atoms with E-state index in [0.29, 0.717) is 10.8 Å². The Hall–Kier alpha value is -2.93. The Morgan fingerprint density at radius 3 is 2.67 bits per heavy atom. The van der Waals surface area contributed by atoms with Crippen molar-refractivity contribution in [2.45, 2.75) is 13.3 Å². The summed E-state index contributed by atoms with van der Waals surface area (Å²) in [6.07, 6.45) is 1.46. The molecule has 1 fully saturated rings. The molecule has 27 heavy (non-hydrogen) atoms. The van der Waals surface area contributed by atoms with Gasteiger partial charge < -0.3 is 15.0 Å². The van der Waals surface area contributed by atoms with Crippen LogP contribution in [-0.2, 0) is 19.1 Å². The first-order valence-corrected chi connectivity index (χ1v) is 8.75.